The summed E-state index contributed by atoms with van der Waals surface area (Å²) >= 11 is 0. The number of pyridine rings is 1. The minimum absolute atomic E-state index is 0.0379. The molecule has 20 heavy (non-hydrogen) atoms. The normalized spacial score (nSPS) is 25.4. The number of amides is 1. The van der Waals surface area contributed by atoms with Gasteiger partial charge in [-0.3, -0.25) is 9.78 Å². The van der Waals surface area contributed by atoms with Gasteiger partial charge < -0.3 is 15.2 Å². The Kier molecular flexibility index (Phi) is 3.40. The summed E-state index contributed by atoms with van der Waals surface area (Å²) in [4.78, 5) is 26.7. The van der Waals surface area contributed by atoms with Crippen molar-refractivity contribution in [3.05, 3.63) is 29.6 Å². The first-order valence-electron chi connectivity index (χ1n) is 6.77. The van der Waals surface area contributed by atoms with E-state index in [4.69, 9.17) is 9.84 Å². The fourth-order valence-electron chi connectivity index (χ4n) is 2.55. The summed E-state index contributed by atoms with van der Waals surface area (Å²) in [5.41, 5.74) is 0.304. The third kappa shape index (κ3) is 2.65. The lowest BCUT2D eigenvalue weighted by Gasteiger charge is -2.19. The Morgan fingerprint density at radius 3 is 2.70 bits per heavy atom. The SMILES string of the molecule is O=C(O)c1ccc(C(=O)NC2CCOC2C2CC2)nc1. The number of aromatic carboxylic acids is 1. The van der Waals surface area contributed by atoms with Gasteiger partial charge in [-0.05, 0) is 37.3 Å². The largest absolute Gasteiger partial charge is 0.478 e. The maximum Gasteiger partial charge on any atom is 0.337 e. The van der Waals surface area contributed by atoms with Crippen molar-refractivity contribution < 1.29 is 19.4 Å². The van der Waals surface area contributed by atoms with Crippen LogP contribution in [0, 0.1) is 5.92 Å². The van der Waals surface area contributed by atoms with Crippen LogP contribution in [0.5, 0.6) is 0 Å². The zero-order chi connectivity index (χ0) is 14.1. The minimum atomic E-state index is -1.05. The van der Waals surface area contributed by atoms with Gasteiger partial charge in [0.05, 0.1) is 17.7 Å². The third-order valence-corrected chi connectivity index (χ3v) is 3.78. The van der Waals surface area contributed by atoms with E-state index in [1.165, 1.54) is 31.2 Å². The molecule has 1 aliphatic carbocycles. The summed E-state index contributed by atoms with van der Waals surface area (Å²) in [6.45, 7) is 0.678. The molecule has 1 aliphatic heterocycles. The number of aromatic nitrogens is 1. The number of nitrogens with zero attached hydrogens (tertiary/aromatic N) is 1. The second-order valence-corrected chi connectivity index (χ2v) is 5.28. The molecule has 1 saturated heterocycles. The molecule has 1 aromatic rings. The number of ether oxygens (including phenoxy) is 1. The summed E-state index contributed by atoms with van der Waals surface area (Å²) in [5, 5.41) is 11.7. The molecule has 106 valence electrons. The predicted octanol–water partition coefficient (Wildman–Crippen LogP) is 1.08. The second kappa shape index (κ2) is 5.20. The Labute approximate surface area is 116 Å². The number of carbonyl (C=O) groups is 2. The minimum Gasteiger partial charge on any atom is -0.478 e. The van der Waals surface area contributed by atoms with E-state index in [1.54, 1.807) is 0 Å². The maximum absolute atomic E-state index is 12.1. The van der Waals surface area contributed by atoms with Crippen LogP contribution in [-0.2, 0) is 4.74 Å². The first-order chi connectivity index (χ1) is 9.65. The highest BCUT2D eigenvalue weighted by molar-refractivity contribution is 5.93. The van der Waals surface area contributed by atoms with Gasteiger partial charge in [0.2, 0.25) is 0 Å². The predicted molar refractivity (Wildman–Crippen MR) is 69.5 cm³/mol. The monoisotopic (exact) mass is 276 g/mol. The van der Waals surface area contributed by atoms with Gasteiger partial charge in [0, 0.05) is 12.8 Å². The van der Waals surface area contributed by atoms with Crippen LogP contribution in [0.15, 0.2) is 18.3 Å². The van der Waals surface area contributed by atoms with Crippen LogP contribution in [0.4, 0.5) is 0 Å². The van der Waals surface area contributed by atoms with Crippen molar-refractivity contribution in [1.29, 1.82) is 0 Å². The summed E-state index contributed by atoms with van der Waals surface area (Å²) < 4.78 is 5.66. The second-order valence-electron chi connectivity index (χ2n) is 5.28. The van der Waals surface area contributed by atoms with E-state index < -0.39 is 5.97 Å². The Balaban J connectivity index is 1.64. The molecule has 2 unspecified atom stereocenters. The van der Waals surface area contributed by atoms with E-state index in [0.29, 0.717) is 12.5 Å². The van der Waals surface area contributed by atoms with Crippen LogP contribution >= 0.6 is 0 Å². The molecule has 2 N–H and O–H groups in total. The highest BCUT2D eigenvalue weighted by atomic mass is 16.5. The van der Waals surface area contributed by atoms with Gasteiger partial charge in [0.25, 0.3) is 5.91 Å². The van der Waals surface area contributed by atoms with Crippen molar-refractivity contribution in [3.8, 4) is 0 Å². The highest BCUT2D eigenvalue weighted by Gasteiger charge is 2.41. The molecule has 6 heteroatoms. The fraction of sp³-hybridized carbons (Fsp3) is 0.500. The molecule has 2 atom stereocenters. The summed E-state index contributed by atoms with van der Waals surface area (Å²) in [6.07, 6.45) is 4.48. The van der Waals surface area contributed by atoms with E-state index in [0.717, 1.165) is 6.42 Å². The van der Waals surface area contributed by atoms with Gasteiger partial charge in [-0.2, -0.15) is 0 Å². The summed E-state index contributed by atoms with van der Waals surface area (Å²) in [7, 11) is 0. The van der Waals surface area contributed by atoms with Crippen LogP contribution in [0.25, 0.3) is 0 Å². The zero-order valence-corrected chi connectivity index (χ0v) is 10.9. The molecule has 1 saturated carbocycles. The molecule has 6 nitrogen and oxygen atoms in total. The number of carboxylic acids is 1. The zero-order valence-electron chi connectivity index (χ0n) is 10.9. The van der Waals surface area contributed by atoms with E-state index in [1.807, 2.05) is 0 Å². The van der Waals surface area contributed by atoms with Gasteiger partial charge in [0.15, 0.2) is 0 Å². The van der Waals surface area contributed by atoms with Gasteiger partial charge in [-0.25, -0.2) is 4.79 Å². The van der Waals surface area contributed by atoms with Gasteiger partial charge in [0.1, 0.15) is 5.69 Å². The molecule has 1 aromatic heterocycles. The molecule has 2 heterocycles. The molecular weight excluding hydrogens is 260 g/mol. The molecule has 2 fully saturated rings. The highest BCUT2D eigenvalue weighted by Crippen LogP contribution is 2.38. The smallest absolute Gasteiger partial charge is 0.337 e. The lowest BCUT2D eigenvalue weighted by Crippen LogP contribution is -2.41. The first kappa shape index (κ1) is 13.1. The topological polar surface area (TPSA) is 88.5 Å². The Hall–Kier alpha value is -1.95. The average Bonchev–Trinajstić information content (AvgIpc) is 3.19. The Morgan fingerprint density at radius 2 is 2.10 bits per heavy atom. The standard InChI is InChI=1S/C14H16N2O4/c17-13(11-4-3-9(7-15-11)14(18)19)16-10-5-6-20-12(10)8-1-2-8/h3-4,7-8,10,12H,1-2,5-6H2,(H,16,17)(H,18,19). The van der Waals surface area contributed by atoms with Crippen molar-refractivity contribution in [2.45, 2.75) is 31.4 Å². The summed E-state index contributed by atoms with van der Waals surface area (Å²) in [5.74, 6) is -0.754. The van der Waals surface area contributed by atoms with Crippen molar-refractivity contribution in [2.75, 3.05) is 6.61 Å². The van der Waals surface area contributed by atoms with Gasteiger partial charge >= 0.3 is 5.97 Å². The van der Waals surface area contributed by atoms with Gasteiger partial charge in [-0.15, -0.1) is 0 Å². The van der Waals surface area contributed by atoms with Crippen LogP contribution in [-0.4, -0.2) is 40.7 Å². The number of carboxylic acid groups (broad SMARTS) is 1. The molecule has 2 aliphatic rings. The number of hydrogen-bond donors (Lipinski definition) is 2. The molecular formula is C14H16N2O4. The average molecular weight is 276 g/mol. The number of nitrogens with one attached hydrogen (secondary N) is 1. The third-order valence-electron chi connectivity index (χ3n) is 3.78. The number of carbonyl (C=O) groups excluding carboxylic acids is 1. The number of rotatable bonds is 4. The van der Waals surface area contributed by atoms with Crippen molar-refractivity contribution in [1.82, 2.24) is 10.3 Å². The van der Waals surface area contributed by atoms with E-state index in [9.17, 15) is 9.59 Å². The van der Waals surface area contributed by atoms with Crippen LogP contribution in [0.2, 0.25) is 0 Å². The van der Waals surface area contributed by atoms with Crippen molar-refractivity contribution in [3.63, 3.8) is 0 Å². The van der Waals surface area contributed by atoms with Crippen LogP contribution < -0.4 is 5.32 Å². The lowest BCUT2D eigenvalue weighted by molar-refractivity contribution is 0.0694. The molecule has 3 rings (SSSR count). The van der Waals surface area contributed by atoms with Gasteiger partial charge in [-0.1, -0.05) is 0 Å². The molecule has 0 radical (unpaired) electrons. The fourth-order valence-corrected chi connectivity index (χ4v) is 2.55. The molecule has 1 amide bonds. The van der Waals surface area contributed by atoms with E-state index in [2.05, 4.69) is 10.3 Å². The Bertz CT molecular complexity index is 524. The quantitative estimate of drug-likeness (QED) is 0.859. The first-order valence-corrected chi connectivity index (χ1v) is 6.77. The Morgan fingerprint density at radius 1 is 1.30 bits per heavy atom. The van der Waals surface area contributed by atoms with Crippen molar-refractivity contribution >= 4 is 11.9 Å². The van der Waals surface area contributed by atoms with Crippen LogP contribution in [0.3, 0.4) is 0 Å². The number of hydrogen-bond acceptors (Lipinski definition) is 4. The maximum atomic E-state index is 12.1. The van der Waals surface area contributed by atoms with Crippen LogP contribution in [0.1, 0.15) is 40.1 Å². The lowest BCUT2D eigenvalue weighted by atomic mass is 10.1. The molecule has 0 aromatic carbocycles. The molecule has 0 bridgehead atoms. The van der Waals surface area contributed by atoms with E-state index in [-0.39, 0.29) is 29.3 Å². The molecule has 0 spiro atoms. The summed E-state index contributed by atoms with van der Waals surface area (Å²) in [6, 6.07) is 2.85. The van der Waals surface area contributed by atoms with E-state index >= 15 is 0 Å². The van der Waals surface area contributed by atoms with Crippen molar-refractivity contribution in [2.24, 2.45) is 5.92 Å².